The first kappa shape index (κ1) is 12.3. The molecule has 0 spiro atoms. The van der Waals surface area contributed by atoms with E-state index in [1.807, 2.05) is 0 Å². The Balaban J connectivity index is 1.88. The molecular weight excluding hydrogens is 236 g/mol. The van der Waals surface area contributed by atoms with E-state index in [1.165, 1.54) is 13.3 Å². The van der Waals surface area contributed by atoms with Gasteiger partial charge >= 0.3 is 5.97 Å². The Kier molecular flexibility index (Phi) is 3.71. The van der Waals surface area contributed by atoms with Crippen LogP contribution in [0.5, 0.6) is 0 Å². The van der Waals surface area contributed by atoms with Crippen LogP contribution in [0.3, 0.4) is 0 Å². The van der Waals surface area contributed by atoms with Crippen LogP contribution in [0.2, 0.25) is 0 Å². The fourth-order valence-corrected chi connectivity index (χ4v) is 1.32. The maximum atomic E-state index is 11.4. The highest BCUT2D eigenvalue weighted by atomic mass is 16.5. The summed E-state index contributed by atoms with van der Waals surface area (Å²) in [7, 11) is 1.26. The molecule has 0 aromatic carbocycles. The van der Waals surface area contributed by atoms with Gasteiger partial charge in [-0.3, -0.25) is 4.79 Å². The lowest BCUT2D eigenvalue weighted by molar-refractivity contribution is -0.119. The number of nitrogens with zero attached hydrogens (tertiary/aromatic N) is 2. The molecule has 2 rings (SSSR count). The van der Waals surface area contributed by atoms with E-state index in [0.717, 1.165) is 12.8 Å². The molecule has 96 valence electrons. The van der Waals surface area contributed by atoms with Gasteiger partial charge in [0.05, 0.1) is 13.7 Å². The highest BCUT2D eigenvalue weighted by Crippen LogP contribution is 2.18. The Hall–Kier alpha value is -2.18. The first-order chi connectivity index (χ1) is 8.69. The summed E-state index contributed by atoms with van der Waals surface area (Å²) in [6.07, 6.45) is 3.53. The minimum atomic E-state index is -0.610. The highest BCUT2D eigenvalue weighted by molar-refractivity contribution is 5.85. The van der Waals surface area contributed by atoms with Gasteiger partial charge in [0.25, 0.3) is 0 Å². The lowest BCUT2D eigenvalue weighted by Gasteiger charge is -2.06. The summed E-state index contributed by atoms with van der Waals surface area (Å²) in [5.74, 6) is -0.321. The van der Waals surface area contributed by atoms with Gasteiger partial charge in [0.2, 0.25) is 11.7 Å². The van der Waals surface area contributed by atoms with Crippen molar-refractivity contribution >= 4 is 17.7 Å². The Morgan fingerprint density at radius 3 is 2.94 bits per heavy atom. The van der Waals surface area contributed by atoms with Crippen molar-refractivity contribution in [2.75, 3.05) is 19.0 Å². The monoisotopic (exact) mass is 250 g/mol. The molecule has 7 heteroatoms. The third-order valence-electron chi connectivity index (χ3n) is 2.40. The van der Waals surface area contributed by atoms with Crippen LogP contribution in [0.4, 0.5) is 5.82 Å². The van der Waals surface area contributed by atoms with Gasteiger partial charge in [-0.1, -0.05) is 0 Å². The summed E-state index contributed by atoms with van der Waals surface area (Å²) in [5.41, 5.74) is 0. The molecule has 1 aromatic heterocycles. The maximum absolute atomic E-state index is 11.4. The smallest absolute Gasteiger partial charge is 0.376 e. The molecule has 1 amide bonds. The number of hydrogen-bond donors (Lipinski definition) is 2. The fourth-order valence-electron chi connectivity index (χ4n) is 1.32. The third-order valence-corrected chi connectivity index (χ3v) is 2.40. The molecule has 0 saturated heterocycles. The van der Waals surface area contributed by atoms with Crippen LogP contribution in [0, 0.1) is 0 Å². The molecule has 2 N–H and O–H groups in total. The van der Waals surface area contributed by atoms with Gasteiger partial charge in [0, 0.05) is 12.2 Å². The van der Waals surface area contributed by atoms with E-state index in [9.17, 15) is 9.59 Å². The van der Waals surface area contributed by atoms with Crippen molar-refractivity contribution < 1.29 is 14.3 Å². The van der Waals surface area contributed by atoms with E-state index in [2.05, 4.69) is 25.3 Å². The largest absolute Gasteiger partial charge is 0.463 e. The van der Waals surface area contributed by atoms with Gasteiger partial charge < -0.3 is 15.4 Å². The summed E-state index contributed by atoms with van der Waals surface area (Å²) >= 11 is 0. The van der Waals surface area contributed by atoms with E-state index in [1.54, 1.807) is 6.07 Å². The molecule has 0 radical (unpaired) electrons. The summed E-state index contributed by atoms with van der Waals surface area (Å²) in [6, 6.07) is 1.91. The molecule has 0 aliphatic heterocycles. The Morgan fingerprint density at radius 1 is 1.50 bits per heavy atom. The fraction of sp³-hybridized carbons (Fsp3) is 0.455. The molecule has 1 aliphatic rings. The van der Waals surface area contributed by atoms with E-state index in [4.69, 9.17) is 0 Å². The van der Waals surface area contributed by atoms with Gasteiger partial charge in [-0.05, 0) is 18.9 Å². The average molecular weight is 250 g/mol. The number of carbonyl (C=O) groups is 2. The molecule has 1 heterocycles. The standard InChI is InChI=1S/C11H14N4O3/c1-18-11(17)10-12-5-4-8(15-10)13-6-9(16)14-7-2-3-7/h4-5,7H,2-3,6H2,1H3,(H,14,16)(H,12,13,15). The molecule has 1 fully saturated rings. The van der Waals surface area contributed by atoms with Crippen LogP contribution in [0.15, 0.2) is 12.3 Å². The van der Waals surface area contributed by atoms with Crippen LogP contribution in [-0.4, -0.2) is 41.5 Å². The Morgan fingerprint density at radius 2 is 2.28 bits per heavy atom. The lowest BCUT2D eigenvalue weighted by atomic mass is 10.5. The van der Waals surface area contributed by atoms with E-state index in [-0.39, 0.29) is 18.3 Å². The molecule has 7 nitrogen and oxygen atoms in total. The summed E-state index contributed by atoms with van der Waals surface area (Å²) < 4.78 is 4.51. The van der Waals surface area contributed by atoms with E-state index in [0.29, 0.717) is 11.9 Å². The average Bonchev–Trinajstić information content (AvgIpc) is 3.19. The summed E-state index contributed by atoms with van der Waals surface area (Å²) in [6.45, 7) is 0.119. The van der Waals surface area contributed by atoms with Gasteiger partial charge in [-0.15, -0.1) is 0 Å². The van der Waals surface area contributed by atoms with Crippen LogP contribution >= 0.6 is 0 Å². The first-order valence-electron chi connectivity index (χ1n) is 5.63. The van der Waals surface area contributed by atoms with Crippen molar-refractivity contribution in [3.8, 4) is 0 Å². The molecule has 1 saturated carbocycles. The molecule has 0 bridgehead atoms. The number of esters is 1. The van der Waals surface area contributed by atoms with Gasteiger partial charge in [0.1, 0.15) is 5.82 Å². The van der Waals surface area contributed by atoms with Crippen molar-refractivity contribution in [1.82, 2.24) is 15.3 Å². The quantitative estimate of drug-likeness (QED) is 0.712. The lowest BCUT2D eigenvalue weighted by Crippen LogP contribution is -2.31. The van der Waals surface area contributed by atoms with E-state index < -0.39 is 5.97 Å². The second kappa shape index (κ2) is 5.44. The second-order valence-corrected chi connectivity index (χ2v) is 3.95. The summed E-state index contributed by atoms with van der Waals surface area (Å²) in [4.78, 5) is 30.3. The van der Waals surface area contributed by atoms with E-state index >= 15 is 0 Å². The number of carbonyl (C=O) groups excluding carboxylic acids is 2. The van der Waals surface area contributed by atoms with Crippen molar-refractivity contribution in [2.24, 2.45) is 0 Å². The normalized spacial score (nSPS) is 13.8. The zero-order chi connectivity index (χ0) is 13.0. The third kappa shape index (κ3) is 3.41. The SMILES string of the molecule is COC(=O)c1nccc(NCC(=O)NC2CC2)n1. The van der Waals surface area contributed by atoms with Crippen molar-refractivity contribution in [3.63, 3.8) is 0 Å². The topological polar surface area (TPSA) is 93.2 Å². The zero-order valence-electron chi connectivity index (χ0n) is 9.97. The van der Waals surface area contributed by atoms with Gasteiger partial charge in [0.15, 0.2) is 0 Å². The minimum absolute atomic E-state index is 0.0369. The predicted molar refractivity (Wildman–Crippen MR) is 63.0 cm³/mol. The van der Waals surface area contributed by atoms with Gasteiger partial charge in [-0.25, -0.2) is 14.8 Å². The Bertz CT molecular complexity index is 459. The van der Waals surface area contributed by atoms with Crippen LogP contribution in [0.1, 0.15) is 23.5 Å². The summed E-state index contributed by atoms with van der Waals surface area (Å²) in [5, 5.41) is 5.66. The number of aromatic nitrogens is 2. The maximum Gasteiger partial charge on any atom is 0.376 e. The highest BCUT2D eigenvalue weighted by Gasteiger charge is 2.22. The molecular formula is C11H14N4O3. The number of rotatable bonds is 5. The van der Waals surface area contributed by atoms with Crippen LogP contribution in [-0.2, 0) is 9.53 Å². The van der Waals surface area contributed by atoms with Crippen LogP contribution in [0.25, 0.3) is 0 Å². The van der Waals surface area contributed by atoms with Crippen molar-refractivity contribution in [3.05, 3.63) is 18.1 Å². The number of ether oxygens (including phenoxy) is 1. The Labute approximate surface area is 104 Å². The molecule has 0 atom stereocenters. The first-order valence-corrected chi connectivity index (χ1v) is 5.63. The van der Waals surface area contributed by atoms with Crippen molar-refractivity contribution in [1.29, 1.82) is 0 Å². The molecule has 0 unspecified atom stereocenters. The minimum Gasteiger partial charge on any atom is -0.463 e. The molecule has 1 aromatic rings. The second-order valence-electron chi connectivity index (χ2n) is 3.95. The molecule has 18 heavy (non-hydrogen) atoms. The number of amides is 1. The number of methoxy groups -OCH3 is 1. The van der Waals surface area contributed by atoms with Crippen molar-refractivity contribution in [2.45, 2.75) is 18.9 Å². The predicted octanol–water partition coefficient (Wildman–Crippen LogP) is -0.0463. The number of nitrogens with one attached hydrogen (secondary N) is 2. The number of hydrogen-bond acceptors (Lipinski definition) is 6. The zero-order valence-corrected chi connectivity index (χ0v) is 9.97. The molecule has 1 aliphatic carbocycles. The van der Waals surface area contributed by atoms with Gasteiger partial charge in [-0.2, -0.15) is 0 Å². The van der Waals surface area contributed by atoms with Crippen LogP contribution < -0.4 is 10.6 Å². The number of anilines is 1.